The maximum atomic E-state index is 13.3. The molecule has 0 aliphatic rings. The molecule has 2 aromatic heterocycles. The van der Waals surface area contributed by atoms with Crippen LogP contribution in [-0.4, -0.2) is 42.7 Å². The third-order valence-electron chi connectivity index (χ3n) is 5.02. The van der Waals surface area contributed by atoms with Gasteiger partial charge in [-0.25, -0.2) is 14.2 Å². The molecule has 0 aliphatic heterocycles. The quantitative estimate of drug-likeness (QED) is 0.302. The van der Waals surface area contributed by atoms with Crippen LogP contribution in [0.15, 0.2) is 53.1 Å². The fourth-order valence-electron chi connectivity index (χ4n) is 3.34. The maximum absolute atomic E-state index is 13.3. The summed E-state index contributed by atoms with van der Waals surface area (Å²) in [5, 5.41) is 4.24. The Morgan fingerprint density at radius 1 is 1.00 bits per heavy atom. The summed E-state index contributed by atoms with van der Waals surface area (Å²) in [6.07, 6.45) is 0. The Morgan fingerprint density at radius 3 is 2.45 bits per heavy atom. The Labute approximate surface area is 187 Å². The van der Waals surface area contributed by atoms with Crippen molar-refractivity contribution < 1.29 is 32.7 Å². The molecule has 0 saturated heterocycles. The third-order valence-corrected chi connectivity index (χ3v) is 5.02. The molecule has 9 heteroatoms. The number of carbonyl (C=O) groups is 2. The van der Waals surface area contributed by atoms with Gasteiger partial charge in [0.15, 0.2) is 6.61 Å². The van der Waals surface area contributed by atoms with E-state index in [0.29, 0.717) is 33.8 Å². The topological polar surface area (TPSA) is 101 Å². The molecule has 4 rings (SSSR count). The number of ether oxygens (including phenoxy) is 3. The van der Waals surface area contributed by atoms with Crippen LogP contribution >= 0.6 is 0 Å². The molecule has 168 valence electrons. The largest absolute Gasteiger partial charge is 0.497 e. The molecule has 8 nitrogen and oxygen atoms in total. The van der Waals surface area contributed by atoms with Gasteiger partial charge >= 0.3 is 5.97 Å². The lowest BCUT2D eigenvalue weighted by atomic mass is 10.1. The number of methoxy groups -OCH3 is 2. The van der Waals surface area contributed by atoms with Crippen molar-refractivity contribution in [1.29, 1.82) is 0 Å². The van der Waals surface area contributed by atoms with Gasteiger partial charge in [-0.05, 0) is 55.5 Å². The van der Waals surface area contributed by atoms with E-state index in [-0.39, 0.29) is 16.8 Å². The number of benzene rings is 2. The summed E-state index contributed by atoms with van der Waals surface area (Å²) < 4.78 is 34.2. The van der Waals surface area contributed by atoms with Gasteiger partial charge in [0.25, 0.3) is 5.71 Å². The smallest absolute Gasteiger partial charge is 0.339 e. The number of carbonyl (C=O) groups excluding carboxylic acids is 2. The first kappa shape index (κ1) is 21.9. The monoisotopic (exact) mass is 450 g/mol. The molecule has 4 aromatic rings. The zero-order chi connectivity index (χ0) is 23.5. The molecule has 0 amide bonds. The normalized spacial score (nSPS) is 10.8. The minimum Gasteiger partial charge on any atom is -0.497 e. The van der Waals surface area contributed by atoms with E-state index in [9.17, 15) is 14.0 Å². The number of aromatic nitrogens is 2. The molecular weight excluding hydrogens is 431 g/mol. The van der Waals surface area contributed by atoms with Crippen LogP contribution in [0.25, 0.3) is 22.4 Å². The molecule has 0 fully saturated rings. The summed E-state index contributed by atoms with van der Waals surface area (Å²) in [5.41, 5.74) is 1.85. The van der Waals surface area contributed by atoms with Gasteiger partial charge < -0.3 is 18.7 Å². The minimum absolute atomic E-state index is 0.127. The zero-order valence-corrected chi connectivity index (χ0v) is 18.0. The summed E-state index contributed by atoms with van der Waals surface area (Å²) in [4.78, 5) is 30.1. The van der Waals surface area contributed by atoms with Crippen molar-refractivity contribution in [3.8, 4) is 22.8 Å². The number of rotatable bonds is 7. The van der Waals surface area contributed by atoms with E-state index in [1.54, 1.807) is 19.1 Å². The predicted octanol–water partition coefficient (Wildman–Crippen LogP) is 4.39. The van der Waals surface area contributed by atoms with E-state index < -0.39 is 24.2 Å². The number of Topliss-reactive ketones (excluding diaryl/α,β-unsaturated/α-hetero) is 1. The third kappa shape index (κ3) is 4.38. The van der Waals surface area contributed by atoms with Gasteiger partial charge in [0.2, 0.25) is 5.78 Å². The molecule has 33 heavy (non-hydrogen) atoms. The fourth-order valence-corrected chi connectivity index (χ4v) is 3.34. The highest BCUT2D eigenvalue weighted by molar-refractivity contribution is 6.06. The molecule has 0 aliphatic carbocycles. The number of hydrogen-bond acceptors (Lipinski definition) is 8. The molecule has 0 unspecified atom stereocenters. The first-order chi connectivity index (χ1) is 15.9. The number of hydrogen-bond donors (Lipinski definition) is 0. The summed E-state index contributed by atoms with van der Waals surface area (Å²) >= 11 is 0. The second kappa shape index (κ2) is 9.07. The Morgan fingerprint density at radius 2 is 1.76 bits per heavy atom. The Balaban J connectivity index is 1.64. The van der Waals surface area contributed by atoms with Crippen LogP contribution in [0.3, 0.4) is 0 Å². The van der Waals surface area contributed by atoms with Crippen molar-refractivity contribution in [3.05, 3.63) is 71.2 Å². The highest BCUT2D eigenvalue weighted by Gasteiger charge is 2.22. The molecule has 0 spiro atoms. The van der Waals surface area contributed by atoms with E-state index in [0.717, 1.165) is 0 Å². The highest BCUT2D eigenvalue weighted by Crippen LogP contribution is 2.28. The van der Waals surface area contributed by atoms with Gasteiger partial charge in [-0.3, -0.25) is 4.79 Å². The van der Waals surface area contributed by atoms with Crippen molar-refractivity contribution in [1.82, 2.24) is 10.1 Å². The van der Waals surface area contributed by atoms with Gasteiger partial charge in [-0.1, -0.05) is 5.16 Å². The van der Waals surface area contributed by atoms with E-state index in [2.05, 4.69) is 10.1 Å². The number of pyridine rings is 1. The Hall–Kier alpha value is -4.27. The average molecular weight is 450 g/mol. The van der Waals surface area contributed by atoms with Crippen LogP contribution in [0.2, 0.25) is 0 Å². The second-order valence-corrected chi connectivity index (χ2v) is 7.08. The van der Waals surface area contributed by atoms with Crippen LogP contribution in [0.4, 0.5) is 4.39 Å². The van der Waals surface area contributed by atoms with Gasteiger partial charge in [0.05, 0.1) is 42.1 Å². The molecule has 0 radical (unpaired) electrons. The molecule has 0 atom stereocenters. The molecule has 0 N–H and O–H groups in total. The van der Waals surface area contributed by atoms with Crippen LogP contribution in [0, 0.1) is 12.7 Å². The number of nitrogens with zero attached hydrogens (tertiary/aromatic N) is 2. The first-order valence-electron chi connectivity index (χ1n) is 9.86. The standard InChI is InChI=1S/C24H19FN2O6/c1-13-22-18(11-19(26-23(22)33-27-13)14-4-6-15(25)7-5-14)24(29)32-12-20(28)17-10-16(30-2)8-9-21(17)31-3/h4-11H,12H2,1-3H3. The number of ketones is 1. The fraction of sp³-hybridized carbons (Fsp3) is 0.167. The lowest BCUT2D eigenvalue weighted by molar-refractivity contribution is 0.0475. The van der Waals surface area contributed by atoms with E-state index >= 15 is 0 Å². The summed E-state index contributed by atoms with van der Waals surface area (Å²) in [5.74, 6) is -0.832. The molecule has 2 aromatic carbocycles. The van der Waals surface area contributed by atoms with Crippen LogP contribution in [-0.2, 0) is 4.74 Å². The number of aryl methyl sites for hydroxylation is 1. The summed E-state index contributed by atoms with van der Waals surface area (Å²) in [6, 6.07) is 11.9. The van der Waals surface area contributed by atoms with Crippen molar-refractivity contribution in [2.45, 2.75) is 6.92 Å². The zero-order valence-electron chi connectivity index (χ0n) is 18.0. The predicted molar refractivity (Wildman–Crippen MR) is 116 cm³/mol. The molecule has 2 heterocycles. The van der Waals surface area contributed by atoms with E-state index in [1.165, 1.54) is 50.6 Å². The summed E-state index contributed by atoms with van der Waals surface area (Å²) in [7, 11) is 2.91. The summed E-state index contributed by atoms with van der Waals surface area (Å²) in [6.45, 7) is 1.14. The van der Waals surface area contributed by atoms with Crippen LogP contribution in [0.5, 0.6) is 11.5 Å². The van der Waals surface area contributed by atoms with Crippen molar-refractivity contribution >= 4 is 22.9 Å². The Kier molecular flexibility index (Phi) is 6.03. The Bertz CT molecular complexity index is 1350. The van der Waals surface area contributed by atoms with Gasteiger partial charge in [0, 0.05) is 5.56 Å². The minimum atomic E-state index is -0.757. The average Bonchev–Trinajstić information content (AvgIpc) is 3.22. The van der Waals surface area contributed by atoms with Crippen molar-refractivity contribution in [2.75, 3.05) is 20.8 Å². The van der Waals surface area contributed by atoms with Crippen LogP contribution < -0.4 is 9.47 Å². The number of fused-ring (bicyclic) bond motifs is 1. The van der Waals surface area contributed by atoms with Gasteiger partial charge in [-0.15, -0.1) is 0 Å². The van der Waals surface area contributed by atoms with Crippen LogP contribution in [0.1, 0.15) is 26.4 Å². The molecule has 0 saturated carbocycles. The second-order valence-electron chi connectivity index (χ2n) is 7.08. The first-order valence-corrected chi connectivity index (χ1v) is 9.86. The number of esters is 1. The van der Waals surface area contributed by atoms with E-state index in [1.807, 2.05) is 0 Å². The number of halogens is 1. The maximum Gasteiger partial charge on any atom is 0.339 e. The van der Waals surface area contributed by atoms with Crippen molar-refractivity contribution in [2.24, 2.45) is 0 Å². The lowest BCUT2D eigenvalue weighted by Crippen LogP contribution is -2.15. The molecule has 0 bridgehead atoms. The highest BCUT2D eigenvalue weighted by atomic mass is 19.1. The molecular formula is C24H19FN2O6. The SMILES string of the molecule is COc1ccc(OC)c(C(=O)COC(=O)c2cc(-c3ccc(F)cc3)nc3onc(C)c23)c1. The van der Waals surface area contributed by atoms with E-state index in [4.69, 9.17) is 18.7 Å². The van der Waals surface area contributed by atoms with Gasteiger partial charge in [0.1, 0.15) is 17.3 Å². The van der Waals surface area contributed by atoms with Gasteiger partial charge in [-0.2, -0.15) is 0 Å². The van der Waals surface area contributed by atoms with Crippen molar-refractivity contribution in [3.63, 3.8) is 0 Å². The lowest BCUT2D eigenvalue weighted by Gasteiger charge is -2.11.